The summed E-state index contributed by atoms with van der Waals surface area (Å²) in [5.74, 6) is 0.160. The van der Waals surface area contributed by atoms with Crippen LogP contribution in [0.1, 0.15) is 23.6 Å². The Morgan fingerprint density at radius 2 is 2.19 bits per heavy atom. The van der Waals surface area contributed by atoms with E-state index < -0.39 is 11.9 Å². The van der Waals surface area contributed by atoms with E-state index in [1.54, 1.807) is 19.2 Å². The summed E-state index contributed by atoms with van der Waals surface area (Å²) < 4.78 is 5.08. The second-order valence-corrected chi connectivity index (χ2v) is 4.03. The van der Waals surface area contributed by atoms with E-state index in [2.05, 4.69) is 0 Å². The van der Waals surface area contributed by atoms with Crippen LogP contribution in [0.5, 0.6) is 5.75 Å². The van der Waals surface area contributed by atoms with E-state index in [0.29, 0.717) is 10.8 Å². The van der Waals surface area contributed by atoms with Crippen molar-refractivity contribution in [2.24, 2.45) is 11.5 Å². The van der Waals surface area contributed by atoms with Crippen LogP contribution in [0.2, 0.25) is 5.02 Å². The fourth-order valence-corrected chi connectivity index (χ4v) is 1.80. The predicted octanol–water partition coefficient (Wildman–Crippen LogP) is 1.53. The van der Waals surface area contributed by atoms with Gasteiger partial charge in [-0.15, -0.1) is 0 Å². The Morgan fingerprint density at radius 3 is 2.69 bits per heavy atom. The van der Waals surface area contributed by atoms with Gasteiger partial charge in [0, 0.05) is 12.5 Å². The molecule has 1 unspecified atom stereocenters. The Morgan fingerprint density at radius 1 is 1.56 bits per heavy atom. The summed E-state index contributed by atoms with van der Waals surface area (Å²) in [5.41, 5.74) is 12.7. The molecule has 0 aliphatic carbocycles. The molecule has 1 amide bonds. The summed E-state index contributed by atoms with van der Waals surface area (Å²) in [4.78, 5) is 10.8. The van der Waals surface area contributed by atoms with E-state index >= 15 is 0 Å². The first-order valence-corrected chi connectivity index (χ1v) is 5.21. The molecule has 4 N–H and O–H groups in total. The Bertz CT molecular complexity index is 407. The van der Waals surface area contributed by atoms with Crippen molar-refractivity contribution in [1.29, 1.82) is 0 Å². The molecule has 88 valence electrons. The van der Waals surface area contributed by atoms with Crippen LogP contribution >= 0.6 is 11.6 Å². The van der Waals surface area contributed by atoms with Gasteiger partial charge in [0.1, 0.15) is 5.75 Å². The van der Waals surface area contributed by atoms with Crippen molar-refractivity contribution >= 4 is 17.5 Å². The van der Waals surface area contributed by atoms with Gasteiger partial charge in [0.15, 0.2) is 0 Å². The number of amides is 1. The van der Waals surface area contributed by atoms with Gasteiger partial charge in [-0.1, -0.05) is 11.6 Å². The maximum Gasteiger partial charge on any atom is 0.219 e. The highest BCUT2D eigenvalue weighted by Crippen LogP contribution is 2.30. The average molecular weight is 243 g/mol. The Kier molecular flexibility index (Phi) is 4.15. The topological polar surface area (TPSA) is 78.3 Å². The van der Waals surface area contributed by atoms with E-state index in [0.717, 1.165) is 11.1 Å². The SMILES string of the molecule is COc1cc(C)c(C(N)CC(N)=O)cc1Cl. The van der Waals surface area contributed by atoms with Crippen LogP contribution in [0.15, 0.2) is 12.1 Å². The normalized spacial score (nSPS) is 12.2. The quantitative estimate of drug-likeness (QED) is 0.841. The molecule has 16 heavy (non-hydrogen) atoms. The van der Waals surface area contributed by atoms with Crippen molar-refractivity contribution in [1.82, 2.24) is 0 Å². The number of nitrogens with two attached hydrogens (primary N) is 2. The van der Waals surface area contributed by atoms with Crippen LogP contribution in [0, 0.1) is 6.92 Å². The third-order valence-corrected chi connectivity index (χ3v) is 2.66. The van der Waals surface area contributed by atoms with Crippen LogP contribution < -0.4 is 16.2 Å². The molecule has 1 aromatic rings. The molecule has 0 aromatic heterocycles. The molecule has 0 spiro atoms. The first-order chi connectivity index (χ1) is 7.45. The molecule has 1 atom stereocenters. The van der Waals surface area contributed by atoms with Crippen LogP contribution in [0.4, 0.5) is 0 Å². The number of carbonyl (C=O) groups is 1. The number of halogens is 1. The molecule has 0 saturated heterocycles. The lowest BCUT2D eigenvalue weighted by atomic mass is 9.99. The molecule has 0 fully saturated rings. The van der Waals surface area contributed by atoms with Crippen molar-refractivity contribution in [3.63, 3.8) is 0 Å². The minimum Gasteiger partial charge on any atom is -0.495 e. The predicted molar refractivity (Wildman–Crippen MR) is 63.5 cm³/mol. The summed E-state index contributed by atoms with van der Waals surface area (Å²) in [6.07, 6.45) is 0.101. The molecule has 0 aliphatic heterocycles. The van der Waals surface area contributed by atoms with Crippen molar-refractivity contribution in [3.05, 3.63) is 28.3 Å². The number of ether oxygens (including phenoxy) is 1. The minimum atomic E-state index is -0.432. The third-order valence-electron chi connectivity index (χ3n) is 2.36. The van der Waals surface area contributed by atoms with Gasteiger partial charge >= 0.3 is 0 Å². The second kappa shape index (κ2) is 5.18. The number of primary amides is 1. The van der Waals surface area contributed by atoms with Gasteiger partial charge < -0.3 is 16.2 Å². The van der Waals surface area contributed by atoms with Gasteiger partial charge in [0.05, 0.1) is 12.1 Å². The third kappa shape index (κ3) is 2.87. The number of hydrogen-bond donors (Lipinski definition) is 2. The Balaban J connectivity index is 3.05. The van der Waals surface area contributed by atoms with Crippen molar-refractivity contribution in [2.75, 3.05) is 7.11 Å². The van der Waals surface area contributed by atoms with Gasteiger partial charge in [-0.2, -0.15) is 0 Å². The molecule has 1 aromatic carbocycles. The van der Waals surface area contributed by atoms with Crippen molar-refractivity contribution in [2.45, 2.75) is 19.4 Å². The lowest BCUT2D eigenvalue weighted by molar-refractivity contribution is -0.118. The first kappa shape index (κ1) is 12.8. The number of methoxy groups -OCH3 is 1. The zero-order chi connectivity index (χ0) is 12.3. The highest BCUT2D eigenvalue weighted by Gasteiger charge is 2.14. The zero-order valence-electron chi connectivity index (χ0n) is 9.29. The van der Waals surface area contributed by atoms with Crippen LogP contribution in [-0.4, -0.2) is 13.0 Å². The fraction of sp³-hybridized carbons (Fsp3) is 0.364. The molecule has 5 heteroatoms. The number of benzene rings is 1. The molecular formula is C11H15ClN2O2. The molecule has 4 nitrogen and oxygen atoms in total. The molecule has 0 aliphatic rings. The first-order valence-electron chi connectivity index (χ1n) is 4.83. The molecule has 0 heterocycles. The van der Waals surface area contributed by atoms with E-state index in [4.69, 9.17) is 27.8 Å². The van der Waals surface area contributed by atoms with E-state index in [1.165, 1.54) is 0 Å². The number of rotatable bonds is 4. The lowest BCUT2D eigenvalue weighted by Crippen LogP contribution is -2.21. The van der Waals surface area contributed by atoms with Crippen LogP contribution in [-0.2, 0) is 4.79 Å². The number of carbonyl (C=O) groups excluding carboxylic acids is 1. The average Bonchev–Trinajstić information content (AvgIpc) is 2.19. The zero-order valence-corrected chi connectivity index (χ0v) is 10.0. The monoisotopic (exact) mass is 242 g/mol. The van der Waals surface area contributed by atoms with Crippen molar-refractivity contribution in [3.8, 4) is 5.75 Å². The van der Waals surface area contributed by atoms with E-state index in [9.17, 15) is 4.79 Å². The molecule has 0 saturated carbocycles. The van der Waals surface area contributed by atoms with Gasteiger partial charge in [0.25, 0.3) is 0 Å². The summed E-state index contributed by atoms with van der Waals surface area (Å²) in [6, 6.07) is 3.07. The highest BCUT2D eigenvalue weighted by molar-refractivity contribution is 6.32. The fourth-order valence-electron chi connectivity index (χ4n) is 1.55. The summed E-state index contributed by atoms with van der Waals surface area (Å²) in [7, 11) is 1.55. The van der Waals surface area contributed by atoms with Crippen LogP contribution in [0.25, 0.3) is 0 Å². The van der Waals surface area contributed by atoms with Gasteiger partial charge in [0.2, 0.25) is 5.91 Å². The number of hydrogen-bond acceptors (Lipinski definition) is 3. The number of aryl methyl sites for hydroxylation is 1. The maximum absolute atomic E-state index is 10.8. The lowest BCUT2D eigenvalue weighted by Gasteiger charge is -2.15. The van der Waals surface area contributed by atoms with E-state index in [-0.39, 0.29) is 6.42 Å². The second-order valence-electron chi connectivity index (χ2n) is 3.62. The Hall–Kier alpha value is -1.26. The summed E-state index contributed by atoms with van der Waals surface area (Å²) in [6.45, 7) is 1.88. The summed E-state index contributed by atoms with van der Waals surface area (Å²) in [5, 5.41) is 0.475. The van der Waals surface area contributed by atoms with Gasteiger partial charge in [-0.3, -0.25) is 4.79 Å². The van der Waals surface area contributed by atoms with Crippen molar-refractivity contribution < 1.29 is 9.53 Å². The van der Waals surface area contributed by atoms with E-state index in [1.807, 2.05) is 6.92 Å². The van der Waals surface area contributed by atoms with Gasteiger partial charge in [-0.25, -0.2) is 0 Å². The van der Waals surface area contributed by atoms with Gasteiger partial charge in [-0.05, 0) is 30.2 Å². The Labute approximate surface area is 99.5 Å². The molecule has 1 rings (SSSR count). The summed E-state index contributed by atoms with van der Waals surface area (Å²) >= 11 is 5.99. The standard InChI is InChI=1S/C11H15ClN2O2/c1-6-3-10(16-2)8(12)4-7(6)9(13)5-11(14)15/h3-4,9H,5,13H2,1-2H3,(H2,14,15). The minimum absolute atomic E-state index is 0.101. The van der Waals surface area contributed by atoms with Crippen LogP contribution in [0.3, 0.4) is 0 Å². The molecule has 0 radical (unpaired) electrons. The maximum atomic E-state index is 10.8. The highest BCUT2D eigenvalue weighted by atomic mass is 35.5. The molecule has 0 bridgehead atoms. The molecular weight excluding hydrogens is 228 g/mol. The largest absolute Gasteiger partial charge is 0.495 e. The smallest absolute Gasteiger partial charge is 0.219 e.